The first-order chi connectivity index (χ1) is 13.0. The third-order valence-electron chi connectivity index (χ3n) is 3.99. The standard InChI is InChI=1S/C20H21N5O2/c1-25(2)19(21)24-20-22-12-16(13-7-5-4-6-8-13)18(23-20)15-10-9-14(27-3)11-17(15)26/h4-12,26H,1-3H3,(H2,21,22,23,24). The van der Waals surface area contributed by atoms with Gasteiger partial charge in [0.15, 0.2) is 5.96 Å². The first kappa shape index (κ1) is 18.2. The Morgan fingerprint density at radius 1 is 1.11 bits per heavy atom. The van der Waals surface area contributed by atoms with Crippen molar-refractivity contribution in [2.45, 2.75) is 0 Å². The number of phenolic OH excluding ortho intramolecular Hbond substituents is 1. The van der Waals surface area contributed by atoms with Crippen LogP contribution in [0.2, 0.25) is 0 Å². The van der Waals surface area contributed by atoms with Crippen LogP contribution in [-0.2, 0) is 0 Å². The summed E-state index contributed by atoms with van der Waals surface area (Å²) in [6, 6.07) is 14.8. The number of phenols is 1. The number of benzene rings is 2. The van der Waals surface area contributed by atoms with Gasteiger partial charge >= 0.3 is 0 Å². The molecule has 0 radical (unpaired) electrons. The number of hydrogen-bond acceptors (Lipinski definition) is 5. The van der Waals surface area contributed by atoms with Crippen LogP contribution in [0.4, 0.5) is 5.95 Å². The summed E-state index contributed by atoms with van der Waals surface area (Å²) in [6.07, 6.45) is 1.68. The zero-order chi connectivity index (χ0) is 19.4. The highest BCUT2D eigenvalue weighted by atomic mass is 16.5. The number of aromatic nitrogens is 2. The number of nitrogens with two attached hydrogens (primary N) is 1. The van der Waals surface area contributed by atoms with Gasteiger partial charge in [-0.3, -0.25) is 0 Å². The van der Waals surface area contributed by atoms with Crippen LogP contribution >= 0.6 is 0 Å². The van der Waals surface area contributed by atoms with Gasteiger partial charge in [-0.05, 0) is 17.7 Å². The second-order valence-corrected chi connectivity index (χ2v) is 6.05. The van der Waals surface area contributed by atoms with E-state index >= 15 is 0 Å². The van der Waals surface area contributed by atoms with Gasteiger partial charge in [0, 0.05) is 37.5 Å². The van der Waals surface area contributed by atoms with E-state index in [1.54, 1.807) is 50.5 Å². The molecule has 0 bridgehead atoms. The van der Waals surface area contributed by atoms with Crippen LogP contribution in [0.25, 0.3) is 22.4 Å². The Kier molecular flexibility index (Phi) is 5.21. The van der Waals surface area contributed by atoms with Gasteiger partial charge in [-0.2, -0.15) is 4.99 Å². The van der Waals surface area contributed by atoms with Crippen molar-refractivity contribution in [1.82, 2.24) is 14.9 Å². The molecule has 3 N–H and O–H groups in total. The van der Waals surface area contributed by atoms with Crippen molar-refractivity contribution < 1.29 is 9.84 Å². The van der Waals surface area contributed by atoms with Gasteiger partial charge in [-0.1, -0.05) is 30.3 Å². The van der Waals surface area contributed by atoms with E-state index in [1.165, 1.54) is 0 Å². The fourth-order valence-corrected chi connectivity index (χ4v) is 2.50. The molecule has 3 aromatic rings. The van der Waals surface area contributed by atoms with Gasteiger partial charge in [0.2, 0.25) is 0 Å². The number of ether oxygens (including phenoxy) is 1. The molecule has 7 heteroatoms. The maximum absolute atomic E-state index is 10.5. The lowest BCUT2D eigenvalue weighted by molar-refractivity contribution is 0.408. The molecule has 7 nitrogen and oxygen atoms in total. The van der Waals surface area contributed by atoms with E-state index in [1.807, 2.05) is 30.3 Å². The molecular weight excluding hydrogens is 342 g/mol. The normalized spacial score (nSPS) is 11.3. The zero-order valence-electron chi connectivity index (χ0n) is 15.4. The van der Waals surface area contributed by atoms with E-state index in [9.17, 15) is 5.11 Å². The summed E-state index contributed by atoms with van der Waals surface area (Å²) in [4.78, 5) is 14.8. The van der Waals surface area contributed by atoms with Gasteiger partial charge in [0.25, 0.3) is 5.95 Å². The fraction of sp³-hybridized carbons (Fsp3) is 0.150. The largest absolute Gasteiger partial charge is 0.507 e. The smallest absolute Gasteiger partial charge is 0.253 e. The average Bonchev–Trinajstić information content (AvgIpc) is 2.68. The van der Waals surface area contributed by atoms with E-state index in [4.69, 9.17) is 10.5 Å². The molecule has 1 heterocycles. The Bertz CT molecular complexity index is 971. The molecule has 27 heavy (non-hydrogen) atoms. The average molecular weight is 363 g/mol. The van der Waals surface area contributed by atoms with Crippen molar-refractivity contribution in [2.75, 3.05) is 21.2 Å². The van der Waals surface area contributed by atoms with Crippen LogP contribution in [0.15, 0.2) is 59.7 Å². The lowest BCUT2D eigenvalue weighted by Gasteiger charge is -2.13. The number of nitrogens with zero attached hydrogens (tertiary/aromatic N) is 4. The van der Waals surface area contributed by atoms with Crippen molar-refractivity contribution in [3.8, 4) is 33.9 Å². The Hall–Kier alpha value is -3.61. The summed E-state index contributed by atoms with van der Waals surface area (Å²) < 4.78 is 5.17. The SMILES string of the molecule is COc1ccc(-c2nc(/N=C(/N)N(C)C)ncc2-c2ccccc2)c(O)c1. The van der Waals surface area contributed by atoms with Crippen molar-refractivity contribution in [2.24, 2.45) is 10.7 Å². The van der Waals surface area contributed by atoms with Gasteiger partial charge in [-0.25, -0.2) is 9.97 Å². The molecule has 0 unspecified atom stereocenters. The summed E-state index contributed by atoms with van der Waals surface area (Å²) in [7, 11) is 5.12. The molecule has 0 spiro atoms. The van der Waals surface area contributed by atoms with Gasteiger partial charge < -0.3 is 20.5 Å². The fourth-order valence-electron chi connectivity index (χ4n) is 2.50. The Labute approximate surface area is 157 Å². The lowest BCUT2D eigenvalue weighted by atomic mass is 10.00. The van der Waals surface area contributed by atoms with Crippen molar-refractivity contribution in [1.29, 1.82) is 0 Å². The molecule has 0 atom stereocenters. The number of guanidine groups is 1. The molecule has 0 saturated carbocycles. The van der Waals surface area contributed by atoms with Crippen LogP contribution in [-0.4, -0.2) is 47.1 Å². The van der Waals surface area contributed by atoms with Crippen LogP contribution in [0.3, 0.4) is 0 Å². The summed E-state index contributed by atoms with van der Waals surface area (Å²) >= 11 is 0. The maximum Gasteiger partial charge on any atom is 0.253 e. The molecule has 0 saturated heterocycles. The lowest BCUT2D eigenvalue weighted by Crippen LogP contribution is -2.30. The highest BCUT2D eigenvalue weighted by molar-refractivity contribution is 5.84. The highest BCUT2D eigenvalue weighted by Crippen LogP contribution is 2.37. The molecule has 3 rings (SSSR count). The van der Waals surface area contributed by atoms with Gasteiger partial charge in [0.1, 0.15) is 11.5 Å². The molecule has 1 aromatic heterocycles. The second-order valence-electron chi connectivity index (χ2n) is 6.05. The van der Waals surface area contributed by atoms with E-state index in [-0.39, 0.29) is 17.7 Å². The Morgan fingerprint density at radius 3 is 2.48 bits per heavy atom. The molecule has 0 aliphatic rings. The summed E-state index contributed by atoms with van der Waals surface area (Å²) in [6.45, 7) is 0. The van der Waals surface area contributed by atoms with Crippen molar-refractivity contribution >= 4 is 11.9 Å². The van der Waals surface area contributed by atoms with Crippen LogP contribution < -0.4 is 10.5 Å². The monoisotopic (exact) mass is 363 g/mol. The minimum Gasteiger partial charge on any atom is -0.507 e. The quantitative estimate of drug-likeness (QED) is 0.546. The maximum atomic E-state index is 10.5. The van der Waals surface area contributed by atoms with E-state index < -0.39 is 0 Å². The molecule has 2 aromatic carbocycles. The van der Waals surface area contributed by atoms with Gasteiger partial charge in [-0.15, -0.1) is 0 Å². The Balaban J connectivity index is 2.20. The predicted molar refractivity (Wildman–Crippen MR) is 106 cm³/mol. The first-order valence-corrected chi connectivity index (χ1v) is 8.31. The van der Waals surface area contributed by atoms with Crippen molar-refractivity contribution in [3.05, 3.63) is 54.7 Å². The van der Waals surface area contributed by atoms with E-state index in [0.29, 0.717) is 17.0 Å². The minimum atomic E-state index is 0.0562. The molecule has 138 valence electrons. The molecule has 0 aliphatic carbocycles. The zero-order valence-corrected chi connectivity index (χ0v) is 15.4. The molecular formula is C20H21N5O2. The third-order valence-corrected chi connectivity index (χ3v) is 3.99. The topological polar surface area (TPSA) is 96.9 Å². The summed E-state index contributed by atoms with van der Waals surface area (Å²) in [5.74, 6) is 1.11. The summed E-state index contributed by atoms with van der Waals surface area (Å²) in [5, 5.41) is 10.5. The molecule has 0 fully saturated rings. The number of hydrogen-bond donors (Lipinski definition) is 2. The van der Waals surface area contributed by atoms with Crippen LogP contribution in [0.5, 0.6) is 11.5 Å². The van der Waals surface area contributed by atoms with Crippen LogP contribution in [0.1, 0.15) is 0 Å². The van der Waals surface area contributed by atoms with Crippen LogP contribution in [0, 0.1) is 0 Å². The number of methoxy groups -OCH3 is 1. The number of aromatic hydroxyl groups is 1. The second kappa shape index (κ2) is 7.74. The first-order valence-electron chi connectivity index (χ1n) is 8.31. The third kappa shape index (κ3) is 3.98. The van der Waals surface area contributed by atoms with E-state index in [2.05, 4.69) is 15.0 Å². The number of rotatable bonds is 4. The minimum absolute atomic E-state index is 0.0562. The highest BCUT2D eigenvalue weighted by Gasteiger charge is 2.15. The van der Waals surface area contributed by atoms with Crippen molar-refractivity contribution in [3.63, 3.8) is 0 Å². The predicted octanol–water partition coefficient (Wildman–Crippen LogP) is 3.03. The number of aliphatic imine (C=N–C) groups is 1. The molecule has 0 aliphatic heterocycles. The van der Waals surface area contributed by atoms with E-state index in [0.717, 1.165) is 11.1 Å². The van der Waals surface area contributed by atoms with Gasteiger partial charge in [0.05, 0.1) is 12.8 Å². The Morgan fingerprint density at radius 2 is 1.85 bits per heavy atom. The molecule has 0 amide bonds. The summed E-state index contributed by atoms with van der Waals surface area (Å²) in [5.41, 5.74) is 8.70.